The Labute approximate surface area is 110 Å². The van der Waals surface area contributed by atoms with Crippen molar-refractivity contribution in [3.05, 3.63) is 17.8 Å². The number of nitrogens with one attached hydrogen (secondary N) is 1. The summed E-state index contributed by atoms with van der Waals surface area (Å²) in [5.41, 5.74) is 0. The standard InChI is InChI=1S/C12H17N3O4/c1-7-5-13-11(19-7)8(2)14-12(18)15(6-10(16)17)9-3-4-9/h5,8-9H,3-4,6H2,1-2H3,(H,14,18)(H,16,17). The zero-order valence-electron chi connectivity index (χ0n) is 10.9. The molecular formula is C12H17N3O4. The molecule has 7 heteroatoms. The fourth-order valence-electron chi connectivity index (χ4n) is 1.80. The SMILES string of the molecule is Cc1cnc(C(C)NC(=O)N(CC(=O)O)C2CC2)o1. The highest BCUT2D eigenvalue weighted by Gasteiger charge is 2.34. The quantitative estimate of drug-likeness (QED) is 0.838. The van der Waals surface area contributed by atoms with Crippen molar-refractivity contribution in [1.29, 1.82) is 0 Å². The number of carboxylic acids is 1. The molecule has 0 aromatic carbocycles. The Hall–Kier alpha value is -2.05. The number of carbonyl (C=O) groups is 2. The zero-order chi connectivity index (χ0) is 14.0. The minimum absolute atomic E-state index is 0.0367. The number of aryl methyl sites for hydroxylation is 1. The van der Waals surface area contributed by atoms with Gasteiger partial charge >= 0.3 is 12.0 Å². The molecule has 2 amide bonds. The number of aromatic nitrogens is 1. The maximum Gasteiger partial charge on any atom is 0.323 e. The van der Waals surface area contributed by atoms with Gasteiger partial charge in [0.1, 0.15) is 18.3 Å². The van der Waals surface area contributed by atoms with E-state index in [0.29, 0.717) is 11.7 Å². The van der Waals surface area contributed by atoms with Gasteiger partial charge in [-0.25, -0.2) is 9.78 Å². The molecule has 7 nitrogen and oxygen atoms in total. The molecule has 2 rings (SSSR count). The molecule has 0 radical (unpaired) electrons. The Morgan fingerprint density at radius 1 is 1.63 bits per heavy atom. The number of rotatable bonds is 5. The minimum atomic E-state index is -1.01. The number of aliphatic carboxylic acids is 1. The topological polar surface area (TPSA) is 95.7 Å². The summed E-state index contributed by atoms with van der Waals surface area (Å²) in [7, 11) is 0. The predicted octanol–water partition coefficient (Wildman–Crippen LogP) is 1.30. The van der Waals surface area contributed by atoms with Crippen molar-refractivity contribution < 1.29 is 19.1 Å². The van der Waals surface area contributed by atoms with E-state index in [1.165, 1.54) is 4.90 Å². The molecular weight excluding hydrogens is 250 g/mol. The number of urea groups is 1. The molecule has 1 aliphatic carbocycles. The normalized spacial score (nSPS) is 15.9. The third-order valence-corrected chi connectivity index (χ3v) is 2.90. The molecule has 1 fully saturated rings. The van der Waals surface area contributed by atoms with E-state index in [4.69, 9.17) is 9.52 Å². The van der Waals surface area contributed by atoms with Gasteiger partial charge in [0.2, 0.25) is 5.89 Å². The first-order chi connectivity index (χ1) is 8.97. The molecule has 1 saturated carbocycles. The fourth-order valence-corrected chi connectivity index (χ4v) is 1.80. The van der Waals surface area contributed by atoms with Crippen LogP contribution in [0.2, 0.25) is 0 Å². The molecule has 1 heterocycles. The van der Waals surface area contributed by atoms with Crippen molar-refractivity contribution >= 4 is 12.0 Å². The summed E-state index contributed by atoms with van der Waals surface area (Å²) < 4.78 is 5.32. The Bertz CT molecular complexity index is 481. The van der Waals surface area contributed by atoms with Crippen LogP contribution in [0.15, 0.2) is 10.6 Å². The number of carbonyl (C=O) groups excluding carboxylic acids is 1. The van der Waals surface area contributed by atoms with Gasteiger partial charge < -0.3 is 19.7 Å². The Morgan fingerprint density at radius 3 is 2.79 bits per heavy atom. The second kappa shape index (κ2) is 5.29. The van der Waals surface area contributed by atoms with Crippen molar-refractivity contribution in [2.24, 2.45) is 0 Å². The largest absolute Gasteiger partial charge is 0.480 e. The van der Waals surface area contributed by atoms with Crippen LogP contribution < -0.4 is 5.32 Å². The second-order valence-electron chi connectivity index (χ2n) is 4.73. The summed E-state index contributed by atoms with van der Waals surface area (Å²) >= 11 is 0. The number of hydrogen-bond donors (Lipinski definition) is 2. The zero-order valence-corrected chi connectivity index (χ0v) is 10.9. The lowest BCUT2D eigenvalue weighted by atomic mass is 10.3. The molecule has 2 N–H and O–H groups in total. The average molecular weight is 267 g/mol. The third-order valence-electron chi connectivity index (χ3n) is 2.90. The summed E-state index contributed by atoms with van der Waals surface area (Å²) in [5, 5.41) is 11.5. The molecule has 104 valence electrons. The minimum Gasteiger partial charge on any atom is -0.480 e. The molecule has 19 heavy (non-hydrogen) atoms. The molecule has 0 bridgehead atoms. The van der Waals surface area contributed by atoms with Crippen LogP contribution in [0, 0.1) is 6.92 Å². The lowest BCUT2D eigenvalue weighted by molar-refractivity contribution is -0.137. The van der Waals surface area contributed by atoms with Gasteiger partial charge in [-0.3, -0.25) is 4.79 Å². The van der Waals surface area contributed by atoms with Crippen LogP contribution in [0.4, 0.5) is 4.79 Å². The highest BCUT2D eigenvalue weighted by Crippen LogP contribution is 2.27. The van der Waals surface area contributed by atoms with Gasteiger partial charge in [0.05, 0.1) is 6.20 Å². The van der Waals surface area contributed by atoms with E-state index in [-0.39, 0.29) is 12.6 Å². The van der Waals surface area contributed by atoms with E-state index in [1.807, 2.05) is 0 Å². The molecule has 1 unspecified atom stereocenters. The van der Waals surface area contributed by atoms with Crippen LogP contribution in [0.1, 0.15) is 37.5 Å². The first kappa shape index (κ1) is 13.4. The molecule has 0 spiro atoms. The van der Waals surface area contributed by atoms with Gasteiger partial charge in [-0.2, -0.15) is 0 Å². The van der Waals surface area contributed by atoms with Gasteiger partial charge in [-0.15, -0.1) is 0 Å². The van der Waals surface area contributed by atoms with Crippen LogP contribution in [-0.2, 0) is 4.79 Å². The van der Waals surface area contributed by atoms with Crippen LogP contribution in [-0.4, -0.2) is 39.6 Å². The molecule has 1 aromatic rings. The van der Waals surface area contributed by atoms with Crippen molar-refractivity contribution in [1.82, 2.24) is 15.2 Å². The van der Waals surface area contributed by atoms with Crippen molar-refractivity contribution in [3.63, 3.8) is 0 Å². The molecule has 1 atom stereocenters. The van der Waals surface area contributed by atoms with Crippen LogP contribution in [0.25, 0.3) is 0 Å². The number of oxazole rings is 1. The summed E-state index contributed by atoms with van der Waals surface area (Å²) in [6, 6.07) is -0.751. The fraction of sp³-hybridized carbons (Fsp3) is 0.583. The smallest absolute Gasteiger partial charge is 0.323 e. The van der Waals surface area contributed by atoms with E-state index in [0.717, 1.165) is 12.8 Å². The van der Waals surface area contributed by atoms with E-state index in [2.05, 4.69) is 10.3 Å². The summed E-state index contributed by atoms with van der Waals surface area (Å²) in [6.07, 6.45) is 3.29. The van der Waals surface area contributed by atoms with Crippen LogP contribution >= 0.6 is 0 Å². The Morgan fingerprint density at radius 2 is 2.32 bits per heavy atom. The highest BCUT2D eigenvalue weighted by molar-refractivity contribution is 5.80. The van der Waals surface area contributed by atoms with E-state index in [9.17, 15) is 9.59 Å². The van der Waals surface area contributed by atoms with E-state index < -0.39 is 18.0 Å². The molecule has 0 aliphatic heterocycles. The summed E-state index contributed by atoms with van der Waals surface area (Å²) in [5.74, 6) is 0.0688. The second-order valence-corrected chi connectivity index (χ2v) is 4.73. The van der Waals surface area contributed by atoms with Crippen molar-refractivity contribution in [2.75, 3.05) is 6.54 Å². The highest BCUT2D eigenvalue weighted by atomic mass is 16.4. The van der Waals surface area contributed by atoms with Crippen molar-refractivity contribution in [3.8, 4) is 0 Å². The molecule has 0 saturated heterocycles. The average Bonchev–Trinajstić information content (AvgIpc) is 3.07. The number of amides is 2. The van der Waals surface area contributed by atoms with Gasteiger partial charge in [-0.05, 0) is 26.7 Å². The number of hydrogen-bond acceptors (Lipinski definition) is 4. The van der Waals surface area contributed by atoms with Gasteiger partial charge in [0.15, 0.2) is 0 Å². The monoisotopic (exact) mass is 267 g/mol. The first-order valence-electron chi connectivity index (χ1n) is 6.18. The number of carboxylic acid groups (broad SMARTS) is 1. The van der Waals surface area contributed by atoms with Gasteiger partial charge in [0, 0.05) is 6.04 Å². The van der Waals surface area contributed by atoms with Gasteiger partial charge in [-0.1, -0.05) is 0 Å². The van der Waals surface area contributed by atoms with Gasteiger partial charge in [0.25, 0.3) is 0 Å². The molecule has 1 aliphatic rings. The van der Waals surface area contributed by atoms with Crippen LogP contribution in [0.5, 0.6) is 0 Å². The maximum absolute atomic E-state index is 12.0. The summed E-state index contributed by atoms with van der Waals surface area (Å²) in [6.45, 7) is 3.23. The molecule has 1 aromatic heterocycles. The lowest BCUT2D eigenvalue weighted by Crippen LogP contribution is -2.44. The first-order valence-corrected chi connectivity index (χ1v) is 6.18. The number of nitrogens with zero attached hydrogens (tertiary/aromatic N) is 2. The maximum atomic E-state index is 12.0. The lowest BCUT2D eigenvalue weighted by Gasteiger charge is -2.22. The van der Waals surface area contributed by atoms with Crippen molar-refractivity contribution in [2.45, 2.75) is 38.8 Å². The van der Waals surface area contributed by atoms with E-state index >= 15 is 0 Å². The Balaban J connectivity index is 1.96. The Kier molecular flexibility index (Phi) is 3.73. The summed E-state index contributed by atoms with van der Waals surface area (Å²) in [4.78, 5) is 28.2. The predicted molar refractivity (Wildman–Crippen MR) is 65.6 cm³/mol. The van der Waals surface area contributed by atoms with E-state index in [1.54, 1.807) is 20.0 Å². The third kappa shape index (κ3) is 3.46. The van der Waals surface area contributed by atoms with Crippen LogP contribution in [0.3, 0.4) is 0 Å².